The SMILES string of the molecule is FC(F)(F)c1ccc(-c2ncc3ccc(N4CCOCC4)cc3n2)cc1. The lowest BCUT2D eigenvalue weighted by molar-refractivity contribution is -0.137. The maximum Gasteiger partial charge on any atom is 0.416 e. The van der Waals surface area contributed by atoms with Crippen LogP contribution in [0.15, 0.2) is 48.7 Å². The second-order valence-electron chi connectivity index (χ2n) is 6.11. The Morgan fingerprint density at radius 1 is 0.962 bits per heavy atom. The smallest absolute Gasteiger partial charge is 0.378 e. The van der Waals surface area contributed by atoms with Gasteiger partial charge in [0.1, 0.15) is 0 Å². The van der Waals surface area contributed by atoms with E-state index in [1.807, 2.05) is 18.2 Å². The van der Waals surface area contributed by atoms with Crippen molar-refractivity contribution in [1.82, 2.24) is 9.97 Å². The van der Waals surface area contributed by atoms with E-state index in [9.17, 15) is 13.2 Å². The summed E-state index contributed by atoms with van der Waals surface area (Å²) >= 11 is 0. The summed E-state index contributed by atoms with van der Waals surface area (Å²) in [4.78, 5) is 11.1. The molecule has 7 heteroatoms. The number of fused-ring (bicyclic) bond motifs is 1. The summed E-state index contributed by atoms with van der Waals surface area (Å²) in [5.41, 5.74) is 1.69. The van der Waals surface area contributed by atoms with E-state index >= 15 is 0 Å². The maximum absolute atomic E-state index is 12.7. The van der Waals surface area contributed by atoms with E-state index < -0.39 is 11.7 Å². The Morgan fingerprint density at radius 2 is 1.69 bits per heavy atom. The normalized spacial score (nSPS) is 15.4. The van der Waals surface area contributed by atoms with Crippen LogP contribution in [0.3, 0.4) is 0 Å². The number of nitrogens with zero attached hydrogens (tertiary/aromatic N) is 3. The number of hydrogen-bond donors (Lipinski definition) is 0. The van der Waals surface area contributed by atoms with Crippen LogP contribution in [0.1, 0.15) is 5.56 Å². The van der Waals surface area contributed by atoms with Gasteiger partial charge in [-0.3, -0.25) is 0 Å². The molecule has 0 aliphatic carbocycles. The molecule has 0 spiro atoms. The van der Waals surface area contributed by atoms with Gasteiger partial charge in [-0.05, 0) is 30.3 Å². The molecule has 1 aromatic heterocycles. The number of halogens is 3. The molecule has 1 aliphatic rings. The highest BCUT2D eigenvalue weighted by Crippen LogP contribution is 2.30. The van der Waals surface area contributed by atoms with E-state index in [-0.39, 0.29) is 0 Å². The standard InChI is InChI=1S/C19H16F3N3O/c20-19(21,22)15-4-1-13(2-5-15)18-23-12-14-3-6-16(11-17(14)24-18)25-7-9-26-10-8-25/h1-6,11-12H,7-10H2. The van der Waals surface area contributed by atoms with Crippen LogP contribution in [0.4, 0.5) is 18.9 Å². The van der Waals surface area contributed by atoms with Crippen molar-refractivity contribution in [3.8, 4) is 11.4 Å². The summed E-state index contributed by atoms with van der Waals surface area (Å²) < 4.78 is 43.5. The minimum Gasteiger partial charge on any atom is -0.378 e. The quantitative estimate of drug-likeness (QED) is 0.689. The Kier molecular flexibility index (Phi) is 4.24. The van der Waals surface area contributed by atoms with Crippen molar-refractivity contribution in [3.63, 3.8) is 0 Å². The molecular weight excluding hydrogens is 343 g/mol. The molecule has 0 N–H and O–H groups in total. The molecule has 2 aromatic carbocycles. The van der Waals surface area contributed by atoms with Gasteiger partial charge in [-0.1, -0.05) is 12.1 Å². The molecule has 0 bridgehead atoms. The Morgan fingerprint density at radius 3 is 2.38 bits per heavy atom. The van der Waals surface area contributed by atoms with Gasteiger partial charge in [0, 0.05) is 35.9 Å². The molecule has 0 unspecified atom stereocenters. The molecule has 134 valence electrons. The Balaban J connectivity index is 1.67. The van der Waals surface area contributed by atoms with Crippen molar-refractivity contribution < 1.29 is 17.9 Å². The lowest BCUT2D eigenvalue weighted by Crippen LogP contribution is -2.36. The van der Waals surface area contributed by atoms with Crippen LogP contribution >= 0.6 is 0 Å². The molecule has 4 nitrogen and oxygen atoms in total. The second kappa shape index (κ2) is 6.57. The average molecular weight is 359 g/mol. The summed E-state index contributed by atoms with van der Waals surface area (Å²) in [6.07, 6.45) is -2.66. The number of morpholine rings is 1. The Bertz CT molecular complexity index is 919. The summed E-state index contributed by atoms with van der Waals surface area (Å²) in [6.45, 7) is 3.03. The average Bonchev–Trinajstić information content (AvgIpc) is 2.67. The third-order valence-corrected chi connectivity index (χ3v) is 4.41. The molecule has 2 heterocycles. The predicted molar refractivity (Wildman–Crippen MR) is 93.0 cm³/mol. The maximum atomic E-state index is 12.7. The first kappa shape index (κ1) is 16.8. The van der Waals surface area contributed by atoms with Crippen LogP contribution in [0.25, 0.3) is 22.3 Å². The van der Waals surface area contributed by atoms with Crippen LogP contribution in [-0.2, 0) is 10.9 Å². The van der Waals surface area contributed by atoms with Gasteiger partial charge in [-0.25, -0.2) is 9.97 Å². The summed E-state index contributed by atoms with van der Waals surface area (Å²) in [7, 11) is 0. The van der Waals surface area contributed by atoms with Crippen LogP contribution < -0.4 is 4.90 Å². The molecule has 1 fully saturated rings. The van der Waals surface area contributed by atoms with Crippen molar-refractivity contribution in [2.75, 3.05) is 31.2 Å². The monoisotopic (exact) mass is 359 g/mol. The molecule has 0 atom stereocenters. The molecule has 1 saturated heterocycles. The number of benzene rings is 2. The minimum atomic E-state index is -4.35. The van der Waals surface area contributed by atoms with Crippen LogP contribution in [0, 0.1) is 0 Å². The number of anilines is 1. The number of aromatic nitrogens is 2. The van der Waals surface area contributed by atoms with E-state index in [0.29, 0.717) is 24.6 Å². The zero-order valence-electron chi connectivity index (χ0n) is 13.8. The van der Waals surface area contributed by atoms with Gasteiger partial charge in [-0.15, -0.1) is 0 Å². The van der Waals surface area contributed by atoms with Crippen LogP contribution in [-0.4, -0.2) is 36.3 Å². The van der Waals surface area contributed by atoms with Crippen molar-refractivity contribution in [3.05, 3.63) is 54.2 Å². The fourth-order valence-electron chi connectivity index (χ4n) is 2.98. The van der Waals surface area contributed by atoms with Crippen molar-refractivity contribution in [2.45, 2.75) is 6.18 Å². The highest BCUT2D eigenvalue weighted by Gasteiger charge is 2.30. The van der Waals surface area contributed by atoms with Crippen molar-refractivity contribution >= 4 is 16.6 Å². The third kappa shape index (κ3) is 3.35. The number of hydrogen-bond acceptors (Lipinski definition) is 4. The van der Waals surface area contributed by atoms with Gasteiger partial charge < -0.3 is 9.64 Å². The number of alkyl halides is 3. The Hall–Kier alpha value is -2.67. The van der Waals surface area contributed by atoms with E-state index in [4.69, 9.17) is 4.74 Å². The van der Waals surface area contributed by atoms with Gasteiger partial charge in [-0.2, -0.15) is 13.2 Å². The topological polar surface area (TPSA) is 38.2 Å². The predicted octanol–water partition coefficient (Wildman–Crippen LogP) is 4.15. The summed E-state index contributed by atoms with van der Waals surface area (Å²) in [5, 5.41) is 0.887. The van der Waals surface area contributed by atoms with E-state index in [2.05, 4.69) is 14.9 Å². The van der Waals surface area contributed by atoms with Gasteiger partial charge in [0.2, 0.25) is 0 Å². The van der Waals surface area contributed by atoms with Crippen molar-refractivity contribution in [2.24, 2.45) is 0 Å². The van der Waals surface area contributed by atoms with Gasteiger partial charge in [0.05, 0.1) is 24.3 Å². The fourth-order valence-corrected chi connectivity index (χ4v) is 2.98. The largest absolute Gasteiger partial charge is 0.416 e. The first-order chi connectivity index (χ1) is 12.5. The zero-order chi connectivity index (χ0) is 18.1. The highest BCUT2D eigenvalue weighted by atomic mass is 19.4. The summed E-state index contributed by atoms with van der Waals surface area (Å²) in [6, 6.07) is 10.9. The third-order valence-electron chi connectivity index (χ3n) is 4.41. The lowest BCUT2D eigenvalue weighted by atomic mass is 10.1. The fraction of sp³-hybridized carbons (Fsp3) is 0.263. The van der Waals surface area contributed by atoms with Crippen molar-refractivity contribution in [1.29, 1.82) is 0 Å². The molecule has 0 radical (unpaired) electrons. The van der Waals surface area contributed by atoms with E-state index in [0.717, 1.165) is 41.8 Å². The van der Waals surface area contributed by atoms with E-state index in [1.54, 1.807) is 6.20 Å². The first-order valence-corrected chi connectivity index (χ1v) is 8.28. The Labute approximate surface area is 148 Å². The zero-order valence-corrected chi connectivity index (χ0v) is 13.8. The molecule has 3 aromatic rings. The minimum absolute atomic E-state index is 0.408. The summed E-state index contributed by atoms with van der Waals surface area (Å²) in [5.74, 6) is 0.408. The molecule has 4 rings (SSSR count). The molecule has 0 saturated carbocycles. The van der Waals surface area contributed by atoms with Gasteiger partial charge in [0.25, 0.3) is 0 Å². The number of ether oxygens (including phenoxy) is 1. The lowest BCUT2D eigenvalue weighted by Gasteiger charge is -2.28. The van der Waals surface area contributed by atoms with Gasteiger partial charge in [0.15, 0.2) is 5.82 Å². The molecule has 26 heavy (non-hydrogen) atoms. The molecule has 0 amide bonds. The van der Waals surface area contributed by atoms with Crippen LogP contribution in [0.2, 0.25) is 0 Å². The number of rotatable bonds is 2. The van der Waals surface area contributed by atoms with Crippen LogP contribution in [0.5, 0.6) is 0 Å². The van der Waals surface area contributed by atoms with E-state index in [1.165, 1.54) is 12.1 Å². The van der Waals surface area contributed by atoms with Gasteiger partial charge >= 0.3 is 6.18 Å². The molecular formula is C19H16F3N3O. The first-order valence-electron chi connectivity index (χ1n) is 8.28. The molecule has 1 aliphatic heterocycles. The second-order valence-corrected chi connectivity index (χ2v) is 6.11. The highest BCUT2D eigenvalue weighted by molar-refractivity contribution is 5.83.